The summed E-state index contributed by atoms with van der Waals surface area (Å²) in [5, 5.41) is 1.12. The Kier molecular flexibility index (Phi) is 3.82. The van der Waals surface area contributed by atoms with E-state index in [2.05, 4.69) is 0 Å². The Hall–Kier alpha value is -1.31. The number of carbonyl (C=O) groups excluding carboxylic acids is 1. The van der Waals surface area contributed by atoms with Crippen molar-refractivity contribution in [1.82, 2.24) is 0 Å². The number of hydrogen-bond acceptors (Lipinski definition) is 1. The fourth-order valence-electron chi connectivity index (χ4n) is 1.54. The van der Waals surface area contributed by atoms with Crippen LogP contribution in [0.5, 0.6) is 0 Å². The standard InChI is InChI=1S/C14H10Cl2O/c15-12-7-5-10(13(16)9-12)6-8-14(17)11-3-1-2-4-11/h1,3-9H,2H2/b8-6+. The van der Waals surface area contributed by atoms with Crippen LogP contribution in [0, 0.1) is 0 Å². The van der Waals surface area contributed by atoms with Gasteiger partial charge in [-0.25, -0.2) is 0 Å². The van der Waals surface area contributed by atoms with Crippen molar-refractivity contribution in [1.29, 1.82) is 0 Å². The Bertz CT molecular complexity index is 539. The SMILES string of the molecule is O=C(/C=C/c1ccc(Cl)cc1Cl)C1=CCC=C1. The number of allylic oxidation sites excluding steroid dienone is 5. The van der Waals surface area contributed by atoms with Crippen molar-refractivity contribution in [3.8, 4) is 0 Å². The molecule has 1 aliphatic carbocycles. The summed E-state index contributed by atoms with van der Waals surface area (Å²) in [4.78, 5) is 11.7. The van der Waals surface area contributed by atoms with Crippen LogP contribution in [0.2, 0.25) is 10.0 Å². The Morgan fingerprint density at radius 3 is 2.76 bits per heavy atom. The van der Waals surface area contributed by atoms with E-state index in [0.717, 1.165) is 17.6 Å². The lowest BCUT2D eigenvalue weighted by Gasteiger charge is -1.98. The number of ketones is 1. The molecule has 0 heterocycles. The lowest BCUT2D eigenvalue weighted by Crippen LogP contribution is -1.93. The van der Waals surface area contributed by atoms with Gasteiger partial charge in [-0.1, -0.05) is 47.5 Å². The first-order chi connectivity index (χ1) is 8.16. The van der Waals surface area contributed by atoms with Crippen LogP contribution in [0.25, 0.3) is 6.08 Å². The van der Waals surface area contributed by atoms with Gasteiger partial charge in [0.2, 0.25) is 0 Å². The van der Waals surface area contributed by atoms with Gasteiger partial charge in [0.1, 0.15) is 0 Å². The van der Waals surface area contributed by atoms with Gasteiger partial charge in [-0.3, -0.25) is 4.79 Å². The summed E-state index contributed by atoms with van der Waals surface area (Å²) in [5.74, 6) is -0.00948. The summed E-state index contributed by atoms with van der Waals surface area (Å²) in [6.07, 6.45) is 9.74. The molecule has 0 atom stereocenters. The molecule has 3 heteroatoms. The number of halogens is 2. The molecule has 0 radical (unpaired) electrons. The maximum absolute atomic E-state index is 11.7. The lowest BCUT2D eigenvalue weighted by molar-refractivity contribution is -0.111. The molecule has 0 saturated carbocycles. The lowest BCUT2D eigenvalue weighted by atomic mass is 10.1. The van der Waals surface area contributed by atoms with Gasteiger partial charge in [-0.15, -0.1) is 0 Å². The molecule has 0 spiro atoms. The molecule has 0 aromatic heterocycles. The van der Waals surface area contributed by atoms with Crippen molar-refractivity contribution < 1.29 is 4.79 Å². The maximum atomic E-state index is 11.7. The van der Waals surface area contributed by atoms with Crippen molar-refractivity contribution in [3.63, 3.8) is 0 Å². The molecular formula is C14H10Cl2O. The van der Waals surface area contributed by atoms with Gasteiger partial charge in [-0.2, -0.15) is 0 Å². The zero-order valence-corrected chi connectivity index (χ0v) is 10.5. The third-order valence-corrected chi connectivity index (χ3v) is 2.99. The van der Waals surface area contributed by atoms with E-state index in [1.165, 1.54) is 6.08 Å². The highest BCUT2D eigenvalue weighted by Crippen LogP contribution is 2.22. The van der Waals surface area contributed by atoms with Crippen LogP contribution in [0.15, 0.2) is 48.1 Å². The summed E-state index contributed by atoms with van der Waals surface area (Å²) in [7, 11) is 0. The number of benzene rings is 1. The van der Waals surface area contributed by atoms with Crippen molar-refractivity contribution in [2.45, 2.75) is 6.42 Å². The van der Waals surface area contributed by atoms with Crippen LogP contribution >= 0.6 is 23.2 Å². The topological polar surface area (TPSA) is 17.1 Å². The van der Waals surface area contributed by atoms with Gasteiger partial charge < -0.3 is 0 Å². The second-order valence-corrected chi connectivity index (χ2v) is 4.50. The number of hydrogen-bond donors (Lipinski definition) is 0. The summed E-state index contributed by atoms with van der Waals surface area (Å²) in [6, 6.07) is 5.18. The molecule has 1 aromatic rings. The fourth-order valence-corrected chi connectivity index (χ4v) is 2.01. The van der Waals surface area contributed by atoms with E-state index in [1.807, 2.05) is 18.2 Å². The molecule has 0 amide bonds. The third-order valence-electron chi connectivity index (χ3n) is 2.43. The van der Waals surface area contributed by atoms with Gasteiger partial charge in [0.15, 0.2) is 5.78 Å². The molecule has 86 valence electrons. The smallest absolute Gasteiger partial charge is 0.185 e. The summed E-state index contributed by atoms with van der Waals surface area (Å²) >= 11 is 11.8. The second-order valence-electron chi connectivity index (χ2n) is 3.66. The van der Waals surface area contributed by atoms with E-state index in [1.54, 1.807) is 24.3 Å². The van der Waals surface area contributed by atoms with E-state index in [4.69, 9.17) is 23.2 Å². The second kappa shape index (κ2) is 5.35. The quantitative estimate of drug-likeness (QED) is 0.737. The predicted octanol–water partition coefficient (Wildman–Crippen LogP) is 4.46. The number of carbonyl (C=O) groups is 1. The molecule has 1 aromatic carbocycles. The van der Waals surface area contributed by atoms with Gasteiger partial charge in [0.05, 0.1) is 0 Å². The van der Waals surface area contributed by atoms with Crippen molar-refractivity contribution in [2.24, 2.45) is 0 Å². The highest BCUT2D eigenvalue weighted by Gasteiger charge is 2.05. The molecule has 17 heavy (non-hydrogen) atoms. The summed E-state index contributed by atoms with van der Waals surface area (Å²) < 4.78 is 0. The van der Waals surface area contributed by atoms with Crippen LogP contribution in [-0.4, -0.2) is 5.78 Å². The molecule has 0 saturated heterocycles. The normalized spacial score (nSPS) is 14.4. The summed E-state index contributed by atoms with van der Waals surface area (Å²) in [6.45, 7) is 0. The van der Waals surface area contributed by atoms with E-state index in [9.17, 15) is 4.79 Å². The van der Waals surface area contributed by atoms with E-state index in [-0.39, 0.29) is 5.78 Å². The van der Waals surface area contributed by atoms with Crippen LogP contribution in [0.1, 0.15) is 12.0 Å². The molecule has 0 unspecified atom stereocenters. The first kappa shape index (κ1) is 12.2. The van der Waals surface area contributed by atoms with Crippen LogP contribution in [0.4, 0.5) is 0 Å². The van der Waals surface area contributed by atoms with Crippen molar-refractivity contribution in [2.75, 3.05) is 0 Å². The molecule has 1 nitrogen and oxygen atoms in total. The number of rotatable bonds is 3. The van der Waals surface area contributed by atoms with E-state index >= 15 is 0 Å². The highest BCUT2D eigenvalue weighted by atomic mass is 35.5. The Morgan fingerprint density at radius 1 is 1.29 bits per heavy atom. The first-order valence-electron chi connectivity index (χ1n) is 5.21. The third kappa shape index (κ3) is 3.09. The first-order valence-corrected chi connectivity index (χ1v) is 5.96. The Morgan fingerprint density at radius 2 is 2.12 bits per heavy atom. The molecule has 2 rings (SSSR count). The Balaban J connectivity index is 2.15. The maximum Gasteiger partial charge on any atom is 0.185 e. The molecule has 0 aliphatic heterocycles. The molecule has 0 fully saturated rings. The molecular weight excluding hydrogens is 255 g/mol. The predicted molar refractivity (Wildman–Crippen MR) is 72.3 cm³/mol. The van der Waals surface area contributed by atoms with Crippen LogP contribution in [-0.2, 0) is 4.79 Å². The zero-order valence-electron chi connectivity index (χ0n) is 8.99. The minimum absolute atomic E-state index is 0.00948. The average Bonchev–Trinajstić information content (AvgIpc) is 2.81. The van der Waals surface area contributed by atoms with E-state index < -0.39 is 0 Å². The Labute approximate surface area is 110 Å². The zero-order chi connectivity index (χ0) is 12.3. The monoisotopic (exact) mass is 264 g/mol. The molecule has 0 N–H and O–H groups in total. The van der Waals surface area contributed by atoms with Crippen LogP contribution < -0.4 is 0 Å². The van der Waals surface area contributed by atoms with E-state index in [0.29, 0.717) is 10.0 Å². The van der Waals surface area contributed by atoms with Crippen molar-refractivity contribution in [3.05, 3.63) is 63.7 Å². The minimum Gasteiger partial charge on any atom is -0.289 e. The fraction of sp³-hybridized carbons (Fsp3) is 0.0714. The van der Waals surface area contributed by atoms with Gasteiger partial charge >= 0.3 is 0 Å². The van der Waals surface area contributed by atoms with Crippen LogP contribution in [0.3, 0.4) is 0 Å². The molecule has 0 bridgehead atoms. The van der Waals surface area contributed by atoms with Gasteiger partial charge in [0.25, 0.3) is 0 Å². The van der Waals surface area contributed by atoms with Gasteiger partial charge in [-0.05, 0) is 36.3 Å². The summed E-state index contributed by atoms with van der Waals surface area (Å²) in [5.41, 5.74) is 1.51. The highest BCUT2D eigenvalue weighted by molar-refractivity contribution is 6.35. The minimum atomic E-state index is -0.00948. The average molecular weight is 265 g/mol. The largest absolute Gasteiger partial charge is 0.289 e. The van der Waals surface area contributed by atoms with Crippen molar-refractivity contribution >= 4 is 35.1 Å². The van der Waals surface area contributed by atoms with Gasteiger partial charge in [0, 0.05) is 15.6 Å². The molecule has 1 aliphatic rings.